The van der Waals surface area contributed by atoms with E-state index < -0.39 is 5.60 Å². The average Bonchev–Trinajstić information content (AvgIpc) is 2.19. The first kappa shape index (κ1) is 12.7. The van der Waals surface area contributed by atoms with Crippen LogP contribution in [0.3, 0.4) is 0 Å². The lowest BCUT2D eigenvalue weighted by Gasteiger charge is -2.28. The van der Waals surface area contributed by atoms with E-state index in [0.29, 0.717) is 0 Å². The van der Waals surface area contributed by atoms with E-state index in [0.717, 1.165) is 35.7 Å². The molecule has 0 aromatic heterocycles. The number of rotatable bonds is 5. The third kappa shape index (κ3) is 3.32. The summed E-state index contributed by atoms with van der Waals surface area (Å²) in [4.78, 5) is 0. The van der Waals surface area contributed by atoms with Gasteiger partial charge in [-0.3, -0.25) is 0 Å². The van der Waals surface area contributed by atoms with E-state index in [2.05, 4.69) is 29.8 Å². The van der Waals surface area contributed by atoms with Crippen molar-refractivity contribution in [3.63, 3.8) is 0 Å². The molecule has 1 rings (SSSR count). The standard InChI is InChI=1S/C13H19BrO/c1-3-9-13(15,10-4-2)11-5-7-12(14)8-6-11/h5-8,15H,3-4,9-10H2,1-2H3. The van der Waals surface area contributed by atoms with Crippen LogP contribution in [0.15, 0.2) is 28.7 Å². The van der Waals surface area contributed by atoms with Gasteiger partial charge in [-0.05, 0) is 30.5 Å². The molecule has 1 aromatic carbocycles. The van der Waals surface area contributed by atoms with E-state index in [1.165, 1.54) is 0 Å². The highest BCUT2D eigenvalue weighted by Gasteiger charge is 2.26. The Hall–Kier alpha value is -0.340. The van der Waals surface area contributed by atoms with Gasteiger partial charge in [0.15, 0.2) is 0 Å². The molecule has 0 heterocycles. The lowest BCUT2D eigenvalue weighted by Crippen LogP contribution is -2.25. The fourth-order valence-corrected chi connectivity index (χ4v) is 2.27. The molecule has 0 bridgehead atoms. The summed E-state index contributed by atoms with van der Waals surface area (Å²) in [5.41, 5.74) is 0.402. The molecule has 0 atom stereocenters. The first-order valence-electron chi connectivity index (χ1n) is 5.61. The lowest BCUT2D eigenvalue weighted by atomic mass is 9.85. The number of benzene rings is 1. The summed E-state index contributed by atoms with van der Waals surface area (Å²) in [7, 11) is 0. The van der Waals surface area contributed by atoms with Gasteiger partial charge in [-0.2, -0.15) is 0 Å². The molecule has 15 heavy (non-hydrogen) atoms. The fourth-order valence-electron chi connectivity index (χ4n) is 2.00. The molecule has 0 saturated carbocycles. The average molecular weight is 271 g/mol. The van der Waals surface area contributed by atoms with Crippen molar-refractivity contribution in [3.8, 4) is 0 Å². The van der Waals surface area contributed by atoms with Crippen LogP contribution in [-0.4, -0.2) is 5.11 Å². The summed E-state index contributed by atoms with van der Waals surface area (Å²) in [5, 5.41) is 10.6. The molecule has 1 N–H and O–H groups in total. The first-order valence-corrected chi connectivity index (χ1v) is 6.40. The predicted molar refractivity (Wildman–Crippen MR) is 67.9 cm³/mol. The van der Waals surface area contributed by atoms with Crippen molar-refractivity contribution in [1.29, 1.82) is 0 Å². The van der Waals surface area contributed by atoms with E-state index in [-0.39, 0.29) is 0 Å². The Bertz CT molecular complexity index is 286. The Morgan fingerprint density at radius 2 is 1.53 bits per heavy atom. The van der Waals surface area contributed by atoms with E-state index in [4.69, 9.17) is 0 Å². The second kappa shape index (κ2) is 5.66. The van der Waals surface area contributed by atoms with Crippen molar-refractivity contribution in [2.24, 2.45) is 0 Å². The quantitative estimate of drug-likeness (QED) is 0.849. The third-order valence-electron chi connectivity index (χ3n) is 2.71. The highest BCUT2D eigenvalue weighted by Crippen LogP contribution is 2.32. The summed E-state index contributed by atoms with van der Waals surface area (Å²) in [6.45, 7) is 4.22. The summed E-state index contributed by atoms with van der Waals surface area (Å²) in [5.74, 6) is 0. The molecule has 84 valence electrons. The van der Waals surface area contributed by atoms with Gasteiger partial charge in [0.25, 0.3) is 0 Å². The van der Waals surface area contributed by atoms with Crippen LogP contribution in [0.25, 0.3) is 0 Å². The third-order valence-corrected chi connectivity index (χ3v) is 3.24. The zero-order chi connectivity index (χ0) is 11.3. The van der Waals surface area contributed by atoms with Gasteiger partial charge in [0, 0.05) is 4.47 Å². The molecule has 1 nitrogen and oxygen atoms in total. The molecule has 2 heteroatoms. The maximum Gasteiger partial charge on any atom is 0.0896 e. The molecule has 0 aliphatic carbocycles. The van der Waals surface area contributed by atoms with Gasteiger partial charge in [0.1, 0.15) is 0 Å². The monoisotopic (exact) mass is 270 g/mol. The minimum absolute atomic E-state index is 0.635. The second-order valence-corrected chi connectivity index (χ2v) is 4.95. The van der Waals surface area contributed by atoms with Crippen LogP contribution in [-0.2, 0) is 5.60 Å². The van der Waals surface area contributed by atoms with E-state index >= 15 is 0 Å². The number of hydrogen-bond acceptors (Lipinski definition) is 1. The van der Waals surface area contributed by atoms with Gasteiger partial charge in [0.05, 0.1) is 5.60 Å². The summed E-state index contributed by atoms with van der Waals surface area (Å²) < 4.78 is 1.06. The maximum absolute atomic E-state index is 10.6. The highest BCUT2D eigenvalue weighted by molar-refractivity contribution is 9.10. The molecule has 0 aliphatic rings. The van der Waals surface area contributed by atoms with Crippen molar-refractivity contribution in [3.05, 3.63) is 34.3 Å². The van der Waals surface area contributed by atoms with Gasteiger partial charge >= 0.3 is 0 Å². The van der Waals surface area contributed by atoms with E-state index in [9.17, 15) is 5.11 Å². The highest BCUT2D eigenvalue weighted by atomic mass is 79.9. The summed E-state index contributed by atoms with van der Waals surface area (Å²) >= 11 is 3.41. The molecular formula is C13H19BrO. The Kier molecular flexibility index (Phi) is 4.81. The van der Waals surface area contributed by atoms with Crippen LogP contribution in [0.1, 0.15) is 45.1 Å². The predicted octanol–water partition coefficient (Wildman–Crippen LogP) is 4.24. The van der Waals surface area contributed by atoms with Crippen LogP contribution in [0.4, 0.5) is 0 Å². The van der Waals surface area contributed by atoms with Crippen LogP contribution >= 0.6 is 15.9 Å². The largest absolute Gasteiger partial charge is 0.385 e. The number of halogens is 1. The molecule has 0 saturated heterocycles. The van der Waals surface area contributed by atoms with Crippen molar-refractivity contribution in [2.75, 3.05) is 0 Å². The summed E-state index contributed by atoms with van der Waals surface area (Å²) in [6, 6.07) is 8.00. The Morgan fingerprint density at radius 1 is 1.07 bits per heavy atom. The topological polar surface area (TPSA) is 20.2 Å². The molecule has 1 aromatic rings. The fraction of sp³-hybridized carbons (Fsp3) is 0.538. The Balaban J connectivity index is 2.92. The van der Waals surface area contributed by atoms with E-state index in [1.807, 2.05) is 24.3 Å². The Labute approximate surface area is 101 Å². The molecule has 0 unspecified atom stereocenters. The number of hydrogen-bond donors (Lipinski definition) is 1. The second-order valence-electron chi connectivity index (χ2n) is 4.04. The van der Waals surface area contributed by atoms with Crippen molar-refractivity contribution in [2.45, 2.75) is 45.1 Å². The van der Waals surface area contributed by atoms with Crippen LogP contribution < -0.4 is 0 Å². The minimum atomic E-state index is -0.635. The maximum atomic E-state index is 10.6. The molecule has 0 radical (unpaired) electrons. The lowest BCUT2D eigenvalue weighted by molar-refractivity contribution is 0.0170. The zero-order valence-electron chi connectivity index (χ0n) is 9.46. The Morgan fingerprint density at radius 3 is 1.93 bits per heavy atom. The van der Waals surface area contributed by atoms with Crippen molar-refractivity contribution >= 4 is 15.9 Å². The van der Waals surface area contributed by atoms with Gasteiger partial charge in [-0.25, -0.2) is 0 Å². The minimum Gasteiger partial charge on any atom is -0.385 e. The summed E-state index contributed by atoms with van der Waals surface area (Å²) in [6.07, 6.45) is 3.68. The molecule has 0 amide bonds. The molecule has 0 aliphatic heterocycles. The van der Waals surface area contributed by atoms with Gasteiger partial charge in [-0.1, -0.05) is 54.8 Å². The van der Waals surface area contributed by atoms with Gasteiger partial charge in [-0.15, -0.1) is 0 Å². The smallest absolute Gasteiger partial charge is 0.0896 e. The van der Waals surface area contributed by atoms with E-state index in [1.54, 1.807) is 0 Å². The first-order chi connectivity index (χ1) is 7.12. The normalized spacial score (nSPS) is 11.7. The number of aliphatic hydroxyl groups is 1. The van der Waals surface area contributed by atoms with Crippen LogP contribution in [0.2, 0.25) is 0 Å². The molecule has 0 fully saturated rings. The molecule has 0 spiro atoms. The van der Waals surface area contributed by atoms with Gasteiger partial charge < -0.3 is 5.11 Å². The van der Waals surface area contributed by atoms with Crippen LogP contribution in [0.5, 0.6) is 0 Å². The van der Waals surface area contributed by atoms with Crippen molar-refractivity contribution in [1.82, 2.24) is 0 Å². The zero-order valence-corrected chi connectivity index (χ0v) is 11.0. The van der Waals surface area contributed by atoms with Crippen molar-refractivity contribution < 1.29 is 5.11 Å². The van der Waals surface area contributed by atoms with Crippen LogP contribution in [0, 0.1) is 0 Å². The van der Waals surface area contributed by atoms with Gasteiger partial charge in [0.2, 0.25) is 0 Å². The molecular weight excluding hydrogens is 252 g/mol. The SMILES string of the molecule is CCCC(O)(CCC)c1ccc(Br)cc1.